The third-order valence-corrected chi connectivity index (χ3v) is 5.53. The van der Waals surface area contributed by atoms with Crippen LogP contribution >= 0.6 is 0 Å². The van der Waals surface area contributed by atoms with E-state index in [4.69, 9.17) is 23.7 Å². The van der Waals surface area contributed by atoms with Crippen LogP contribution in [0.1, 0.15) is 24.3 Å². The van der Waals surface area contributed by atoms with Crippen molar-refractivity contribution in [3.05, 3.63) is 82.2 Å². The van der Waals surface area contributed by atoms with Gasteiger partial charge in [0.2, 0.25) is 0 Å². The first-order chi connectivity index (χ1) is 16.1. The fourth-order valence-electron chi connectivity index (χ4n) is 3.86. The molecule has 0 saturated carbocycles. The van der Waals surface area contributed by atoms with Gasteiger partial charge < -0.3 is 28.8 Å². The summed E-state index contributed by atoms with van der Waals surface area (Å²) in [6.45, 7) is 1.78. The lowest BCUT2D eigenvalue weighted by Crippen LogP contribution is -2.63. The Morgan fingerprint density at radius 3 is 2.55 bits per heavy atom. The van der Waals surface area contributed by atoms with Crippen molar-refractivity contribution in [2.45, 2.75) is 56.6 Å². The van der Waals surface area contributed by atoms with Gasteiger partial charge in [-0.3, -0.25) is 0 Å². The van der Waals surface area contributed by atoms with Gasteiger partial charge in [-0.1, -0.05) is 65.8 Å². The molecule has 7 atom stereocenters. The molecule has 33 heavy (non-hydrogen) atoms. The van der Waals surface area contributed by atoms with E-state index in [2.05, 4.69) is 10.0 Å². The average Bonchev–Trinajstić information content (AvgIpc) is 2.85. The largest absolute Gasteiger partial charge is 0.479 e. The molecule has 2 saturated heterocycles. The van der Waals surface area contributed by atoms with Crippen molar-refractivity contribution in [2.75, 3.05) is 6.61 Å². The maximum absolute atomic E-state index is 11.5. The zero-order chi connectivity index (χ0) is 23.2. The number of carboxylic acids is 1. The van der Waals surface area contributed by atoms with E-state index in [1.807, 2.05) is 60.7 Å². The predicted molar refractivity (Wildman–Crippen MR) is 115 cm³/mol. The van der Waals surface area contributed by atoms with Crippen LogP contribution in [0.3, 0.4) is 0 Å². The number of nitrogens with zero attached hydrogens (tertiary/aromatic N) is 3. The fraction of sp³-hybridized carbons (Fsp3) is 0.435. The molecule has 1 N–H and O–H groups in total. The second-order valence-electron chi connectivity index (χ2n) is 7.79. The summed E-state index contributed by atoms with van der Waals surface area (Å²) in [5.41, 5.74) is 10.9. The Bertz CT molecular complexity index is 971. The lowest BCUT2D eigenvalue weighted by Gasteiger charge is -2.48. The zero-order valence-corrected chi connectivity index (χ0v) is 18.0. The van der Waals surface area contributed by atoms with E-state index in [0.717, 1.165) is 11.1 Å². The Labute approximate surface area is 190 Å². The standard InChI is InChI=1S/C23H25N3O7/c1-14(21(27)28)31-20-18(25-26-24)23(29-12-15-8-4-2-5-9-15)32-17-13-30-22(33-19(17)20)16-10-6-3-7-11-16/h2-11,14,17-20,22-23H,12-13H2,1H3,(H,27,28)/t14-,17-,18-,19-,20-,22+,23?/m1/s1. The zero-order valence-electron chi connectivity index (χ0n) is 18.0. The highest BCUT2D eigenvalue weighted by atomic mass is 16.8. The number of ether oxygens (including phenoxy) is 5. The number of hydrogen-bond donors (Lipinski definition) is 1. The van der Waals surface area contributed by atoms with Crippen molar-refractivity contribution in [3.8, 4) is 0 Å². The Balaban J connectivity index is 1.59. The van der Waals surface area contributed by atoms with Crippen LogP contribution < -0.4 is 0 Å². The van der Waals surface area contributed by atoms with Gasteiger partial charge in [-0.05, 0) is 18.0 Å². The Morgan fingerprint density at radius 2 is 1.88 bits per heavy atom. The molecule has 0 bridgehead atoms. The number of carboxylic acid groups (broad SMARTS) is 1. The summed E-state index contributed by atoms with van der Waals surface area (Å²) < 4.78 is 29.9. The smallest absolute Gasteiger partial charge is 0.332 e. The molecule has 174 valence electrons. The van der Waals surface area contributed by atoms with Crippen LogP contribution in [0.2, 0.25) is 0 Å². The van der Waals surface area contributed by atoms with Gasteiger partial charge in [-0.2, -0.15) is 0 Å². The quantitative estimate of drug-likeness (QED) is 0.365. The highest BCUT2D eigenvalue weighted by Gasteiger charge is 2.51. The molecule has 1 unspecified atom stereocenters. The van der Waals surface area contributed by atoms with Gasteiger partial charge in [0.1, 0.15) is 24.4 Å². The number of benzene rings is 2. The second kappa shape index (κ2) is 10.8. The molecule has 0 amide bonds. The summed E-state index contributed by atoms with van der Waals surface area (Å²) in [6, 6.07) is 17.8. The molecule has 0 radical (unpaired) electrons. The Morgan fingerprint density at radius 1 is 1.18 bits per heavy atom. The maximum Gasteiger partial charge on any atom is 0.332 e. The number of hydrogen-bond acceptors (Lipinski definition) is 7. The average molecular weight is 455 g/mol. The second-order valence-corrected chi connectivity index (χ2v) is 7.79. The van der Waals surface area contributed by atoms with Crippen molar-refractivity contribution in [2.24, 2.45) is 5.11 Å². The Hall–Kier alpha value is -2.98. The molecule has 0 aliphatic carbocycles. The van der Waals surface area contributed by atoms with Crippen LogP contribution in [0.4, 0.5) is 0 Å². The van der Waals surface area contributed by atoms with Crippen LogP contribution in [-0.2, 0) is 35.1 Å². The van der Waals surface area contributed by atoms with Crippen LogP contribution in [0.15, 0.2) is 65.8 Å². The molecule has 0 aromatic heterocycles. The first-order valence-corrected chi connectivity index (χ1v) is 10.6. The third-order valence-electron chi connectivity index (χ3n) is 5.53. The van der Waals surface area contributed by atoms with Gasteiger partial charge in [-0.25, -0.2) is 4.79 Å². The molecule has 2 fully saturated rings. The van der Waals surface area contributed by atoms with Crippen LogP contribution in [0.5, 0.6) is 0 Å². The number of fused-ring (bicyclic) bond motifs is 1. The van der Waals surface area contributed by atoms with E-state index in [0.29, 0.717) is 0 Å². The lowest BCUT2D eigenvalue weighted by atomic mass is 9.95. The molecule has 2 aromatic rings. The summed E-state index contributed by atoms with van der Waals surface area (Å²) in [4.78, 5) is 14.5. The minimum Gasteiger partial charge on any atom is -0.479 e. The molecule has 2 aromatic carbocycles. The molecular formula is C23H25N3O7. The van der Waals surface area contributed by atoms with E-state index in [1.165, 1.54) is 6.92 Å². The van der Waals surface area contributed by atoms with Gasteiger partial charge >= 0.3 is 5.97 Å². The number of rotatable bonds is 8. The van der Waals surface area contributed by atoms with Crippen molar-refractivity contribution < 1.29 is 33.6 Å². The summed E-state index contributed by atoms with van der Waals surface area (Å²) in [5.74, 6) is -1.15. The molecule has 4 rings (SSSR count). The normalized spacial score (nSPS) is 30.0. The minimum absolute atomic E-state index is 0.166. The molecule has 0 spiro atoms. The lowest BCUT2D eigenvalue weighted by molar-refractivity contribution is -0.349. The van der Waals surface area contributed by atoms with Crippen molar-refractivity contribution in [1.29, 1.82) is 0 Å². The number of aliphatic carboxylic acids is 1. The van der Waals surface area contributed by atoms with E-state index in [-0.39, 0.29) is 13.2 Å². The summed E-state index contributed by atoms with van der Waals surface area (Å²) >= 11 is 0. The Kier molecular flexibility index (Phi) is 7.56. The SMILES string of the molecule is C[C@@H](O[C@H]1[C@@H]2O[C@@H](c3ccccc3)OC[C@H]2OC(OCc2ccccc2)[C@@H]1N=[N+]=[N-])C(=O)O. The molecular weight excluding hydrogens is 430 g/mol. The predicted octanol–water partition coefficient (Wildman–Crippen LogP) is 3.58. The first-order valence-electron chi connectivity index (χ1n) is 10.6. The van der Waals surface area contributed by atoms with Gasteiger partial charge in [0.05, 0.1) is 13.2 Å². The molecule has 10 nitrogen and oxygen atoms in total. The van der Waals surface area contributed by atoms with Gasteiger partial charge in [0.25, 0.3) is 0 Å². The third kappa shape index (κ3) is 5.51. The van der Waals surface area contributed by atoms with Gasteiger partial charge in [-0.15, -0.1) is 0 Å². The monoisotopic (exact) mass is 455 g/mol. The highest BCUT2D eigenvalue weighted by molar-refractivity contribution is 5.71. The van der Waals surface area contributed by atoms with E-state index in [1.54, 1.807) is 0 Å². The van der Waals surface area contributed by atoms with E-state index >= 15 is 0 Å². The molecule has 2 aliphatic rings. The van der Waals surface area contributed by atoms with Gasteiger partial charge in [0.15, 0.2) is 18.7 Å². The fourth-order valence-corrected chi connectivity index (χ4v) is 3.86. The first kappa shape index (κ1) is 23.2. The summed E-state index contributed by atoms with van der Waals surface area (Å²) in [6.07, 6.45) is -5.12. The highest BCUT2D eigenvalue weighted by Crippen LogP contribution is 2.37. The molecule has 2 aliphatic heterocycles. The number of carbonyl (C=O) groups is 1. The van der Waals surface area contributed by atoms with Crippen LogP contribution in [-0.4, -0.2) is 54.4 Å². The topological polar surface area (TPSA) is 132 Å². The summed E-state index contributed by atoms with van der Waals surface area (Å²) in [5, 5.41) is 13.3. The van der Waals surface area contributed by atoms with Crippen LogP contribution in [0, 0.1) is 0 Å². The summed E-state index contributed by atoms with van der Waals surface area (Å²) in [7, 11) is 0. The van der Waals surface area contributed by atoms with Crippen molar-refractivity contribution >= 4 is 5.97 Å². The van der Waals surface area contributed by atoms with E-state index in [9.17, 15) is 15.4 Å². The minimum atomic E-state index is -1.17. The van der Waals surface area contributed by atoms with Crippen LogP contribution in [0.25, 0.3) is 10.4 Å². The molecule has 2 heterocycles. The number of azide groups is 1. The maximum atomic E-state index is 11.5. The van der Waals surface area contributed by atoms with Crippen molar-refractivity contribution in [1.82, 2.24) is 0 Å². The van der Waals surface area contributed by atoms with Crippen molar-refractivity contribution in [3.63, 3.8) is 0 Å². The van der Waals surface area contributed by atoms with E-state index < -0.39 is 49.0 Å². The van der Waals surface area contributed by atoms with Gasteiger partial charge in [0, 0.05) is 10.5 Å². The molecule has 10 heteroatoms.